The zero-order valence-corrected chi connectivity index (χ0v) is 24.8. The Morgan fingerprint density at radius 3 is 2.45 bits per heavy atom. The third-order valence-corrected chi connectivity index (χ3v) is 8.51. The molecule has 1 fully saturated rings. The number of hydrogen-bond acceptors (Lipinski definition) is 6. The summed E-state index contributed by atoms with van der Waals surface area (Å²) in [6.45, 7) is 0.832. The molecule has 8 heteroatoms. The van der Waals surface area contributed by atoms with E-state index in [9.17, 15) is 15.2 Å². The zero-order chi connectivity index (χ0) is 30.6. The molecule has 1 amide bonds. The Morgan fingerprint density at radius 1 is 1.02 bits per heavy atom. The van der Waals surface area contributed by atoms with Crippen LogP contribution in [0.15, 0.2) is 85.1 Å². The van der Waals surface area contributed by atoms with Crippen molar-refractivity contribution >= 4 is 16.8 Å². The SMILES string of the molecule is COc1ccc(Cn2ncc3c(C4CCCC4O)cc(-c4ccc(CNC(=O)c5ccccc5OC)cc4)c(C#N)c32)cc1. The summed E-state index contributed by atoms with van der Waals surface area (Å²) in [7, 11) is 3.18. The number of carbonyl (C=O) groups excluding carboxylic acids is 1. The highest BCUT2D eigenvalue weighted by Crippen LogP contribution is 2.42. The Morgan fingerprint density at radius 2 is 1.77 bits per heavy atom. The summed E-state index contributed by atoms with van der Waals surface area (Å²) >= 11 is 0. The number of carbonyl (C=O) groups is 1. The molecule has 0 saturated heterocycles. The monoisotopic (exact) mass is 586 g/mol. The fourth-order valence-electron chi connectivity index (χ4n) is 6.18. The molecule has 2 unspecified atom stereocenters. The van der Waals surface area contributed by atoms with Crippen molar-refractivity contribution in [3.05, 3.63) is 113 Å². The number of ether oxygens (including phenoxy) is 2. The molecule has 1 saturated carbocycles. The summed E-state index contributed by atoms with van der Waals surface area (Å²) in [6, 6.07) is 27.4. The van der Waals surface area contributed by atoms with Gasteiger partial charge in [0.25, 0.3) is 5.91 Å². The van der Waals surface area contributed by atoms with Crippen LogP contribution in [0.5, 0.6) is 11.5 Å². The first kappa shape index (κ1) is 29.0. The molecule has 4 aromatic carbocycles. The predicted octanol–water partition coefficient (Wildman–Crippen LogP) is 6.20. The first-order chi connectivity index (χ1) is 21.5. The van der Waals surface area contributed by atoms with Crippen molar-refractivity contribution in [3.63, 3.8) is 0 Å². The number of methoxy groups -OCH3 is 2. The molecule has 1 aliphatic rings. The third kappa shape index (κ3) is 5.62. The fraction of sp³-hybridized carbons (Fsp3) is 0.250. The van der Waals surface area contributed by atoms with E-state index in [4.69, 9.17) is 14.6 Å². The van der Waals surface area contributed by atoms with Crippen LogP contribution in [-0.4, -0.2) is 41.1 Å². The number of nitrogens with zero attached hydrogens (tertiary/aromatic N) is 3. The lowest BCUT2D eigenvalue weighted by atomic mass is 9.87. The molecule has 222 valence electrons. The van der Waals surface area contributed by atoms with Gasteiger partial charge in [0.15, 0.2) is 0 Å². The first-order valence-corrected chi connectivity index (χ1v) is 14.7. The van der Waals surface area contributed by atoms with Gasteiger partial charge in [0.05, 0.1) is 49.7 Å². The first-order valence-electron chi connectivity index (χ1n) is 14.7. The Labute approximate surface area is 256 Å². The summed E-state index contributed by atoms with van der Waals surface area (Å²) < 4.78 is 12.5. The number of para-hydroxylation sites is 1. The second-order valence-electron chi connectivity index (χ2n) is 11.1. The molecule has 0 spiro atoms. The van der Waals surface area contributed by atoms with Crippen molar-refractivity contribution in [3.8, 4) is 28.7 Å². The number of aromatic nitrogens is 2. The van der Waals surface area contributed by atoms with E-state index in [0.29, 0.717) is 30.0 Å². The zero-order valence-electron chi connectivity index (χ0n) is 24.8. The molecule has 1 aromatic heterocycles. The highest BCUT2D eigenvalue weighted by atomic mass is 16.5. The number of aliphatic hydroxyl groups excluding tert-OH is 1. The number of fused-ring (bicyclic) bond motifs is 1. The molecular formula is C36H34N4O4. The summed E-state index contributed by atoms with van der Waals surface area (Å²) in [5, 5.41) is 30.0. The Bertz CT molecular complexity index is 1840. The smallest absolute Gasteiger partial charge is 0.255 e. The summed E-state index contributed by atoms with van der Waals surface area (Å²) in [6.07, 6.45) is 4.00. The van der Waals surface area contributed by atoms with Crippen molar-refractivity contribution < 1.29 is 19.4 Å². The van der Waals surface area contributed by atoms with E-state index < -0.39 is 6.10 Å². The van der Waals surface area contributed by atoms with Crippen LogP contribution in [0.2, 0.25) is 0 Å². The van der Waals surface area contributed by atoms with Crippen LogP contribution in [-0.2, 0) is 13.1 Å². The quantitative estimate of drug-likeness (QED) is 0.213. The lowest BCUT2D eigenvalue weighted by molar-refractivity contribution is 0.0948. The largest absolute Gasteiger partial charge is 0.497 e. The van der Waals surface area contributed by atoms with Gasteiger partial charge in [0, 0.05) is 23.4 Å². The maximum atomic E-state index is 12.8. The normalized spacial score (nSPS) is 16.0. The van der Waals surface area contributed by atoms with E-state index >= 15 is 0 Å². The molecule has 2 N–H and O–H groups in total. The van der Waals surface area contributed by atoms with Gasteiger partial charge in [-0.15, -0.1) is 0 Å². The second-order valence-corrected chi connectivity index (χ2v) is 11.1. The Balaban J connectivity index is 1.35. The minimum Gasteiger partial charge on any atom is -0.497 e. The molecule has 0 radical (unpaired) electrons. The maximum Gasteiger partial charge on any atom is 0.255 e. The second kappa shape index (κ2) is 12.6. The maximum absolute atomic E-state index is 12.8. The van der Waals surface area contributed by atoms with Crippen LogP contribution in [0, 0.1) is 11.3 Å². The lowest BCUT2D eigenvalue weighted by Crippen LogP contribution is -2.23. The van der Waals surface area contributed by atoms with E-state index in [1.807, 2.05) is 65.5 Å². The summed E-state index contributed by atoms with van der Waals surface area (Å²) in [4.78, 5) is 12.8. The van der Waals surface area contributed by atoms with Gasteiger partial charge in [-0.05, 0) is 65.4 Å². The van der Waals surface area contributed by atoms with Crippen LogP contribution in [0.4, 0.5) is 0 Å². The molecule has 8 nitrogen and oxygen atoms in total. The van der Waals surface area contributed by atoms with Gasteiger partial charge >= 0.3 is 0 Å². The molecular weight excluding hydrogens is 552 g/mol. The number of nitrogens with one attached hydrogen (secondary N) is 1. The van der Waals surface area contributed by atoms with E-state index in [1.165, 1.54) is 0 Å². The average Bonchev–Trinajstić information content (AvgIpc) is 3.69. The Hall–Kier alpha value is -5.13. The lowest BCUT2D eigenvalue weighted by Gasteiger charge is -2.19. The molecule has 1 heterocycles. The number of nitriles is 1. The van der Waals surface area contributed by atoms with Crippen LogP contribution in [0.25, 0.3) is 22.0 Å². The van der Waals surface area contributed by atoms with Crippen LogP contribution < -0.4 is 14.8 Å². The van der Waals surface area contributed by atoms with Gasteiger partial charge in [-0.3, -0.25) is 9.48 Å². The van der Waals surface area contributed by atoms with Gasteiger partial charge in [-0.2, -0.15) is 10.4 Å². The van der Waals surface area contributed by atoms with E-state index in [0.717, 1.165) is 63.7 Å². The van der Waals surface area contributed by atoms with Crippen molar-refractivity contribution in [1.82, 2.24) is 15.1 Å². The van der Waals surface area contributed by atoms with Gasteiger partial charge in [0.2, 0.25) is 0 Å². The van der Waals surface area contributed by atoms with Gasteiger partial charge in [-0.1, -0.05) is 55.0 Å². The minimum atomic E-state index is -0.432. The van der Waals surface area contributed by atoms with Crippen LogP contribution >= 0.6 is 0 Å². The van der Waals surface area contributed by atoms with E-state index in [2.05, 4.69) is 17.5 Å². The fourth-order valence-corrected chi connectivity index (χ4v) is 6.18. The molecule has 1 aliphatic carbocycles. The van der Waals surface area contributed by atoms with Gasteiger partial charge in [0.1, 0.15) is 17.6 Å². The molecule has 2 atom stereocenters. The molecule has 0 bridgehead atoms. The van der Waals surface area contributed by atoms with Crippen molar-refractivity contribution in [1.29, 1.82) is 5.26 Å². The van der Waals surface area contributed by atoms with Crippen molar-refractivity contribution in [2.45, 2.75) is 44.4 Å². The number of hydrogen-bond donors (Lipinski definition) is 2. The topological polar surface area (TPSA) is 109 Å². The summed E-state index contributed by atoms with van der Waals surface area (Å²) in [5.41, 5.74) is 6.45. The number of rotatable bonds is 9. The highest BCUT2D eigenvalue weighted by Gasteiger charge is 2.30. The predicted molar refractivity (Wildman–Crippen MR) is 169 cm³/mol. The van der Waals surface area contributed by atoms with Gasteiger partial charge < -0.3 is 19.9 Å². The average molecular weight is 587 g/mol. The van der Waals surface area contributed by atoms with Gasteiger partial charge in [-0.25, -0.2) is 0 Å². The number of aliphatic hydroxyl groups is 1. The molecule has 44 heavy (non-hydrogen) atoms. The minimum absolute atomic E-state index is 0.0212. The van der Waals surface area contributed by atoms with Crippen LogP contribution in [0.1, 0.15) is 57.8 Å². The van der Waals surface area contributed by atoms with E-state index in [1.54, 1.807) is 32.4 Å². The standard InChI is InChI=1S/C36H34N4O4/c1-43-26-16-12-24(13-17-26)22-40-35-31(19-37)29(18-30(32(35)21-39-40)27-7-5-8-33(27)41)25-14-10-23(11-15-25)20-38-36(42)28-6-3-4-9-34(28)44-2/h3-4,6,9-18,21,27,33,41H,5,7-8,20,22H2,1-2H3,(H,38,42). The highest BCUT2D eigenvalue weighted by molar-refractivity contribution is 5.97. The molecule has 6 rings (SSSR count). The molecule has 5 aromatic rings. The number of benzene rings is 4. The molecule has 0 aliphatic heterocycles. The van der Waals surface area contributed by atoms with E-state index in [-0.39, 0.29) is 11.8 Å². The Kier molecular flexibility index (Phi) is 8.31. The number of amides is 1. The summed E-state index contributed by atoms with van der Waals surface area (Å²) in [5.74, 6) is 1.06. The third-order valence-electron chi connectivity index (χ3n) is 8.51. The van der Waals surface area contributed by atoms with Crippen molar-refractivity contribution in [2.24, 2.45) is 0 Å². The van der Waals surface area contributed by atoms with Crippen molar-refractivity contribution in [2.75, 3.05) is 14.2 Å². The van der Waals surface area contributed by atoms with Crippen LogP contribution in [0.3, 0.4) is 0 Å².